The predicted octanol–water partition coefficient (Wildman–Crippen LogP) is 3.11. The summed E-state index contributed by atoms with van der Waals surface area (Å²) in [4.78, 5) is 0. The van der Waals surface area contributed by atoms with Crippen LogP contribution in [0, 0.1) is 19.8 Å². The maximum atomic E-state index is 6.15. The number of ether oxygens (including phenoxy) is 1. The van der Waals surface area contributed by atoms with E-state index in [-0.39, 0.29) is 11.6 Å². The summed E-state index contributed by atoms with van der Waals surface area (Å²) in [5.41, 5.74) is 7.14. The molecule has 3 N–H and O–H groups in total. The van der Waals surface area contributed by atoms with Crippen molar-refractivity contribution >= 4 is 11.8 Å². The Kier molecular flexibility index (Phi) is 4.60. The van der Waals surface area contributed by atoms with Crippen LogP contribution in [0.4, 0.5) is 0 Å². The summed E-state index contributed by atoms with van der Waals surface area (Å²) in [6.45, 7) is 5.18. The summed E-state index contributed by atoms with van der Waals surface area (Å²) in [7, 11) is 0. The number of hydrogen-bond donors (Lipinski definition) is 2. The fraction of sp³-hybridized carbons (Fsp3) is 0.647. The number of nitrogens with two attached hydrogens (primary N) is 1. The first-order chi connectivity index (χ1) is 10.1. The molecule has 1 spiro atoms. The Morgan fingerprint density at radius 1 is 1.33 bits per heavy atom. The fourth-order valence-corrected chi connectivity index (χ4v) is 5.29. The standard InChI is InChI=1S/C17H26N2OS/c1-12-7-13(2)9-15(8-12)16(19-18)14-3-5-20-17(10-14)4-6-21-11-17/h7-9,14,16,19H,3-6,10-11,18H2,1-2H3. The third-order valence-electron chi connectivity index (χ3n) is 4.85. The number of hydrogen-bond acceptors (Lipinski definition) is 4. The van der Waals surface area contributed by atoms with Crippen molar-refractivity contribution in [1.82, 2.24) is 5.43 Å². The van der Waals surface area contributed by atoms with E-state index in [0.717, 1.165) is 25.2 Å². The highest BCUT2D eigenvalue weighted by atomic mass is 32.2. The molecule has 2 aliphatic heterocycles. The third kappa shape index (κ3) is 3.29. The van der Waals surface area contributed by atoms with Crippen molar-refractivity contribution in [2.24, 2.45) is 11.8 Å². The van der Waals surface area contributed by atoms with Gasteiger partial charge < -0.3 is 4.74 Å². The van der Waals surface area contributed by atoms with E-state index in [9.17, 15) is 0 Å². The van der Waals surface area contributed by atoms with Crippen LogP contribution in [0.2, 0.25) is 0 Å². The van der Waals surface area contributed by atoms with Crippen LogP contribution in [0.15, 0.2) is 18.2 Å². The highest BCUT2D eigenvalue weighted by Gasteiger charge is 2.42. The molecule has 21 heavy (non-hydrogen) atoms. The van der Waals surface area contributed by atoms with Crippen LogP contribution >= 0.6 is 11.8 Å². The molecule has 0 aliphatic carbocycles. The Bertz CT molecular complexity index is 479. The molecule has 0 saturated carbocycles. The van der Waals surface area contributed by atoms with Crippen molar-refractivity contribution in [1.29, 1.82) is 0 Å². The van der Waals surface area contributed by atoms with Crippen LogP contribution in [-0.4, -0.2) is 23.7 Å². The molecule has 0 radical (unpaired) electrons. The average molecular weight is 306 g/mol. The highest BCUT2D eigenvalue weighted by molar-refractivity contribution is 7.99. The first-order valence-corrected chi connectivity index (χ1v) is 9.03. The van der Waals surface area contributed by atoms with Crippen LogP contribution in [-0.2, 0) is 4.74 Å². The van der Waals surface area contributed by atoms with Crippen molar-refractivity contribution < 1.29 is 4.74 Å². The molecule has 2 saturated heterocycles. The van der Waals surface area contributed by atoms with Gasteiger partial charge in [-0.15, -0.1) is 0 Å². The van der Waals surface area contributed by atoms with Gasteiger partial charge in [-0.25, -0.2) is 0 Å². The Balaban J connectivity index is 1.82. The summed E-state index contributed by atoms with van der Waals surface area (Å²) in [6, 6.07) is 6.98. The van der Waals surface area contributed by atoms with Gasteiger partial charge in [0.25, 0.3) is 0 Å². The zero-order valence-electron chi connectivity index (χ0n) is 13.0. The number of rotatable bonds is 3. The minimum Gasteiger partial charge on any atom is -0.374 e. The number of thioether (sulfide) groups is 1. The van der Waals surface area contributed by atoms with Gasteiger partial charge >= 0.3 is 0 Å². The molecule has 2 fully saturated rings. The average Bonchev–Trinajstić information content (AvgIpc) is 2.86. The molecule has 2 heterocycles. The second-order valence-corrected chi connectivity index (χ2v) is 7.76. The van der Waals surface area contributed by atoms with Gasteiger partial charge in [0.05, 0.1) is 5.60 Å². The molecule has 1 aromatic carbocycles. The molecule has 2 aliphatic rings. The lowest BCUT2D eigenvalue weighted by Crippen LogP contribution is -2.45. The van der Waals surface area contributed by atoms with Crippen LogP contribution in [0.1, 0.15) is 42.0 Å². The van der Waals surface area contributed by atoms with E-state index in [1.54, 1.807) is 0 Å². The van der Waals surface area contributed by atoms with Crippen molar-refractivity contribution in [3.63, 3.8) is 0 Å². The van der Waals surface area contributed by atoms with E-state index in [1.165, 1.54) is 28.9 Å². The quantitative estimate of drug-likeness (QED) is 0.665. The van der Waals surface area contributed by atoms with Gasteiger partial charge in [-0.1, -0.05) is 29.3 Å². The normalized spacial score (nSPS) is 30.7. The lowest BCUT2D eigenvalue weighted by Gasteiger charge is -2.41. The first kappa shape index (κ1) is 15.3. The predicted molar refractivity (Wildman–Crippen MR) is 89.3 cm³/mol. The molecule has 116 valence electrons. The molecule has 4 heteroatoms. The Labute approximate surface area is 132 Å². The van der Waals surface area contributed by atoms with Crippen molar-refractivity contribution in [2.45, 2.75) is 44.8 Å². The molecular formula is C17H26N2OS. The van der Waals surface area contributed by atoms with E-state index < -0.39 is 0 Å². The summed E-state index contributed by atoms with van der Waals surface area (Å²) < 4.78 is 6.15. The maximum absolute atomic E-state index is 6.15. The SMILES string of the molecule is Cc1cc(C)cc(C(NN)C2CCOC3(CCSC3)C2)c1. The van der Waals surface area contributed by atoms with E-state index in [2.05, 4.69) is 37.5 Å². The van der Waals surface area contributed by atoms with Crippen LogP contribution in [0.3, 0.4) is 0 Å². The van der Waals surface area contributed by atoms with Gasteiger partial charge in [0, 0.05) is 18.4 Å². The summed E-state index contributed by atoms with van der Waals surface area (Å²) >= 11 is 2.02. The van der Waals surface area contributed by atoms with Gasteiger partial charge in [-0.3, -0.25) is 11.3 Å². The number of nitrogens with one attached hydrogen (secondary N) is 1. The minimum atomic E-state index is 0.113. The van der Waals surface area contributed by atoms with Crippen LogP contribution < -0.4 is 11.3 Å². The lowest BCUT2D eigenvalue weighted by molar-refractivity contribution is -0.0854. The zero-order valence-corrected chi connectivity index (χ0v) is 13.8. The molecule has 3 atom stereocenters. The zero-order chi connectivity index (χ0) is 14.9. The first-order valence-electron chi connectivity index (χ1n) is 7.88. The Morgan fingerprint density at radius 3 is 2.71 bits per heavy atom. The molecule has 3 nitrogen and oxygen atoms in total. The van der Waals surface area contributed by atoms with Crippen molar-refractivity contribution in [3.05, 3.63) is 34.9 Å². The van der Waals surface area contributed by atoms with E-state index in [1.807, 2.05) is 11.8 Å². The summed E-state index contributed by atoms with van der Waals surface area (Å²) in [5.74, 6) is 8.87. The highest BCUT2D eigenvalue weighted by Crippen LogP contribution is 2.43. The Morgan fingerprint density at radius 2 is 2.10 bits per heavy atom. The summed E-state index contributed by atoms with van der Waals surface area (Å²) in [6.07, 6.45) is 3.41. The van der Waals surface area contributed by atoms with Crippen molar-refractivity contribution in [3.8, 4) is 0 Å². The van der Waals surface area contributed by atoms with Gasteiger partial charge in [0.2, 0.25) is 0 Å². The number of benzene rings is 1. The lowest BCUT2D eigenvalue weighted by atomic mass is 9.79. The second-order valence-electron chi connectivity index (χ2n) is 6.65. The van der Waals surface area contributed by atoms with Gasteiger partial charge in [0.15, 0.2) is 0 Å². The van der Waals surface area contributed by atoms with E-state index >= 15 is 0 Å². The Hall–Kier alpha value is -0.550. The molecule has 0 bridgehead atoms. The third-order valence-corrected chi connectivity index (χ3v) is 6.08. The molecule has 3 unspecified atom stereocenters. The van der Waals surface area contributed by atoms with E-state index in [0.29, 0.717) is 5.92 Å². The van der Waals surface area contributed by atoms with Crippen LogP contribution in [0.5, 0.6) is 0 Å². The summed E-state index contributed by atoms with van der Waals surface area (Å²) in [5, 5.41) is 0. The number of hydrazine groups is 1. The van der Waals surface area contributed by atoms with E-state index in [4.69, 9.17) is 10.6 Å². The molecule has 0 aromatic heterocycles. The molecule has 3 rings (SSSR count). The topological polar surface area (TPSA) is 47.3 Å². The maximum Gasteiger partial charge on any atom is 0.0783 e. The van der Waals surface area contributed by atoms with Gasteiger partial charge in [-0.05, 0) is 50.3 Å². The molecule has 1 aromatic rings. The number of aryl methyl sites for hydroxylation is 2. The van der Waals surface area contributed by atoms with Crippen molar-refractivity contribution in [2.75, 3.05) is 18.1 Å². The smallest absolute Gasteiger partial charge is 0.0783 e. The monoisotopic (exact) mass is 306 g/mol. The molecular weight excluding hydrogens is 280 g/mol. The fourth-order valence-electron chi connectivity index (χ4n) is 3.91. The largest absolute Gasteiger partial charge is 0.374 e. The van der Waals surface area contributed by atoms with Gasteiger partial charge in [0.1, 0.15) is 0 Å². The molecule has 0 amide bonds. The van der Waals surface area contributed by atoms with Gasteiger partial charge in [-0.2, -0.15) is 11.8 Å². The van der Waals surface area contributed by atoms with Crippen LogP contribution in [0.25, 0.3) is 0 Å². The second kappa shape index (κ2) is 6.29. The minimum absolute atomic E-state index is 0.113.